The Morgan fingerprint density at radius 1 is 1.21 bits per heavy atom. The summed E-state index contributed by atoms with van der Waals surface area (Å²) in [4.78, 5) is 27.2. The molecule has 0 radical (unpaired) electrons. The molecule has 0 bridgehead atoms. The molecule has 2 aromatic rings. The van der Waals surface area contributed by atoms with Gasteiger partial charge in [-0.1, -0.05) is 30.8 Å². The number of anilines is 1. The summed E-state index contributed by atoms with van der Waals surface area (Å²) in [6, 6.07) is 12.3. The summed E-state index contributed by atoms with van der Waals surface area (Å²) in [7, 11) is 2.03. The third-order valence-electron chi connectivity index (χ3n) is 6.63. The van der Waals surface area contributed by atoms with Crippen molar-refractivity contribution in [2.45, 2.75) is 20.0 Å². The fourth-order valence-corrected chi connectivity index (χ4v) is 4.76. The molecule has 1 aliphatic carbocycles. The van der Waals surface area contributed by atoms with E-state index < -0.39 is 0 Å². The minimum absolute atomic E-state index is 0.197. The maximum atomic E-state index is 11.5. The Bertz CT molecular complexity index is 1710. The first-order valence-corrected chi connectivity index (χ1v) is 12.2. The Hall–Kier alpha value is -5.05. The zero-order chi connectivity index (χ0) is 26.2. The van der Waals surface area contributed by atoms with E-state index in [4.69, 9.17) is 9.72 Å². The van der Waals surface area contributed by atoms with Gasteiger partial charge < -0.3 is 20.4 Å². The molecule has 9 nitrogen and oxygen atoms in total. The van der Waals surface area contributed by atoms with Crippen LogP contribution in [0.4, 0.5) is 5.69 Å². The fraction of sp³-hybridized carbons (Fsp3) is 0.138. The van der Waals surface area contributed by atoms with Crippen LogP contribution in [0.15, 0.2) is 72.6 Å². The number of nitrogens with one attached hydrogen (secondary N) is 2. The second-order valence-corrected chi connectivity index (χ2v) is 9.09. The maximum Gasteiger partial charge on any atom is 0.322 e. The van der Waals surface area contributed by atoms with Crippen LogP contribution in [0.25, 0.3) is 23.0 Å². The molecular weight excluding hydrogens is 478 g/mol. The number of amides is 1. The SMILES string of the molecule is C=CC(=O)NCc1ccc(C2=CC=c3c(Oc4nccc(C)n4)cc4c5c(cnc-5c3N2C)=NNC4)cc1. The summed E-state index contributed by atoms with van der Waals surface area (Å²) in [5.74, 6) is 0.445. The van der Waals surface area contributed by atoms with Gasteiger partial charge in [-0.2, -0.15) is 5.10 Å². The van der Waals surface area contributed by atoms with Gasteiger partial charge in [0.15, 0.2) is 0 Å². The van der Waals surface area contributed by atoms with Crippen molar-refractivity contribution < 1.29 is 9.53 Å². The molecule has 0 fully saturated rings. The van der Waals surface area contributed by atoms with Gasteiger partial charge in [-0.05, 0) is 54.0 Å². The number of aromatic nitrogens is 3. The predicted octanol–water partition coefficient (Wildman–Crippen LogP) is 2.79. The highest BCUT2D eigenvalue weighted by molar-refractivity contribution is 5.93. The average Bonchev–Trinajstić information content (AvgIpc) is 3.30. The summed E-state index contributed by atoms with van der Waals surface area (Å²) >= 11 is 0. The topological polar surface area (TPSA) is 105 Å². The summed E-state index contributed by atoms with van der Waals surface area (Å²) in [5.41, 5.74) is 10.7. The van der Waals surface area contributed by atoms with E-state index in [0.29, 0.717) is 18.8 Å². The van der Waals surface area contributed by atoms with Gasteiger partial charge in [-0.3, -0.25) is 9.78 Å². The van der Waals surface area contributed by atoms with Gasteiger partial charge in [0.1, 0.15) is 11.1 Å². The van der Waals surface area contributed by atoms with Crippen molar-refractivity contribution in [1.82, 2.24) is 25.7 Å². The molecule has 188 valence electrons. The number of aryl methyl sites for hydroxylation is 1. The van der Waals surface area contributed by atoms with Crippen LogP contribution in [0.5, 0.6) is 11.8 Å². The first kappa shape index (κ1) is 23.4. The molecular formula is C29H25N7O2. The van der Waals surface area contributed by atoms with Gasteiger partial charge in [0.25, 0.3) is 0 Å². The molecule has 0 saturated heterocycles. The lowest BCUT2D eigenvalue weighted by Gasteiger charge is -2.27. The minimum Gasteiger partial charge on any atom is -0.424 e. The quantitative estimate of drug-likeness (QED) is 0.390. The van der Waals surface area contributed by atoms with E-state index in [-0.39, 0.29) is 11.9 Å². The number of ether oxygens (including phenoxy) is 1. The third-order valence-corrected chi connectivity index (χ3v) is 6.63. The van der Waals surface area contributed by atoms with Crippen LogP contribution in [-0.2, 0) is 17.9 Å². The van der Waals surface area contributed by atoms with E-state index in [2.05, 4.69) is 43.4 Å². The molecule has 0 unspecified atom stereocenters. The number of allylic oxidation sites excluding steroid dienone is 1. The molecule has 1 aromatic heterocycles. The van der Waals surface area contributed by atoms with Crippen LogP contribution in [0.2, 0.25) is 0 Å². The molecule has 2 N–H and O–H groups in total. The molecule has 4 heterocycles. The van der Waals surface area contributed by atoms with Crippen LogP contribution in [0.3, 0.4) is 0 Å². The van der Waals surface area contributed by atoms with E-state index in [1.165, 1.54) is 6.08 Å². The molecule has 0 atom stereocenters. The molecule has 0 spiro atoms. The van der Waals surface area contributed by atoms with Crippen molar-refractivity contribution in [3.05, 3.63) is 100 Å². The van der Waals surface area contributed by atoms with E-state index in [1.807, 2.05) is 56.4 Å². The Morgan fingerprint density at radius 2 is 2.05 bits per heavy atom. The molecule has 38 heavy (non-hydrogen) atoms. The van der Waals surface area contributed by atoms with Crippen molar-refractivity contribution in [1.29, 1.82) is 0 Å². The van der Waals surface area contributed by atoms with E-state index in [1.54, 1.807) is 12.4 Å². The van der Waals surface area contributed by atoms with Crippen LogP contribution in [0, 0.1) is 6.92 Å². The number of hydrogen-bond donors (Lipinski definition) is 2. The summed E-state index contributed by atoms with van der Waals surface area (Å²) < 4.78 is 6.29. The van der Waals surface area contributed by atoms with Crippen molar-refractivity contribution in [2.24, 2.45) is 5.10 Å². The lowest BCUT2D eigenvalue weighted by molar-refractivity contribution is -0.116. The molecule has 0 saturated carbocycles. The van der Waals surface area contributed by atoms with Crippen molar-refractivity contribution >= 4 is 23.4 Å². The Kier molecular flexibility index (Phi) is 5.80. The first-order chi connectivity index (χ1) is 18.5. The number of benzene rings is 1. The Labute approximate surface area is 219 Å². The zero-order valence-electron chi connectivity index (χ0n) is 21.0. The number of carbonyl (C=O) groups is 1. The van der Waals surface area contributed by atoms with Gasteiger partial charge in [-0.15, -0.1) is 0 Å². The zero-order valence-corrected chi connectivity index (χ0v) is 21.0. The standard InChI is InChI=1S/C29H25N7O2/c1-4-25(37)31-14-18-5-7-19(8-6-18)23-10-9-21-24(38-29-30-12-11-17(2)34-29)13-20-15-33-35-22-16-32-27(26(20)22)28(21)36(23)3/h4-13,16,33H,1,14-15H2,2-3H3,(H,31,37). The van der Waals surface area contributed by atoms with Crippen molar-refractivity contribution in [2.75, 3.05) is 11.9 Å². The fourth-order valence-electron chi connectivity index (χ4n) is 4.76. The van der Waals surface area contributed by atoms with Crippen LogP contribution in [0.1, 0.15) is 22.4 Å². The molecule has 6 rings (SSSR count). The largest absolute Gasteiger partial charge is 0.424 e. The third kappa shape index (κ3) is 4.13. The van der Waals surface area contributed by atoms with Crippen LogP contribution < -0.4 is 31.0 Å². The average molecular weight is 504 g/mol. The van der Waals surface area contributed by atoms with Gasteiger partial charge in [0, 0.05) is 42.0 Å². The molecule has 9 heteroatoms. The van der Waals surface area contributed by atoms with E-state index >= 15 is 0 Å². The number of rotatable bonds is 6. The predicted molar refractivity (Wildman–Crippen MR) is 145 cm³/mol. The molecule has 1 amide bonds. The maximum absolute atomic E-state index is 11.5. The monoisotopic (exact) mass is 503 g/mol. The lowest BCUT2D eigenvalue weighted by Crippen LogP contribution is -2.26. The van der Waals surface area contributed by atoms with Gasteiger partial charge in [-0.25, -0.2) is 9.97 Å². The highest BCUT2D eigenvalue weighted by Gasteiger charge is 2.27. The second-order valence-electron chi connectivity index (χ2n) is 9.09. The number of hydrogen-bond acceptors (Lipinski definition) is 8. The van der Waals surface area contributed by atoms with E-state index in [0.717, 1.165) is 55.6 Å². The smallest absolute Gasteiger partial charge is 0.322 e. The molecule has 4 aliphatic rings. The lowest BCUT2D eigenvalue weighted by atomic mass is 10.0. The van der Waals surface area contributed by atoms with Crippen molar-refractivity contribution in [3.8, 4) is 23.0 Å². The minimum atomic E-state index is -0.197. The number of carbonyl (C=O) groups excluding carboxylic acids is 1. The number of fused-ring (bicyclic) bond motifs is 2. The van der Waals surface area contributed by atoms with Gasteiger partial charge >= 0.3 is 6.01 Å². The Balaban J connectivity index is 1.46. The van der Waals surface area contributed by atoms with Crippen LogP contribution >= 0.6 is 0 Å². The van der Waals surface area contributed by atoms with E-state index in [9.17, 15) is 4.79 Å². The first-order valence-electron chi connectivity index (χ1n) is 12.2. The summed E-state index contributed by atoms with van der Waals surface area (Å²) in [6.07, 6.45) is 8.87. The van der Waals surface area contributed by atoms with Gasteiger partial charge in [0.2, 0.25) is 5.91 Å². The summed E-state index contributed by atoms with van der Waals surface area (Å²) in [6.45, 7) is 6.39. The Morgan fingerprint density at radius 3 is 2.84 bits per heavy atom. The molecule has 3 aliphatic heterocycles. The molecule has 1 aromatic carbocycles. The van der Waals surface area contributed by atoms with Crippen LogP contribution in [-0.4, -0.2) is 27.9 Å². The van der Waals surface area contributed by atoms with Crippen molar-refractivity contribution in [3.63, 3.8) is 0 Å². The number of nitrogens with zero attached hydrogens (tertiary/aromatic N) is 5. The summed E-state index contributed by atoms with van der Waals surface area (Å²) in [5, 5.41) is 8.95. The highest BCUT2D eigenvalue weighted by Crippen LogP contribution is 2.36. The highest BCUT2D eigenvalue weighted by atomic mass is 16.5. The normalized spacial score (nSPS) is 13.4. The van der Waals surface area contributed by atoms with Gasteiger partial charge in [0.05, 0.1) is 24.1 Å². The second kappa shape index (κ2) is 9.44.